The summed E-state index contributed by atoms with van der Waals surface area (Å²) >= 11 is 1.53. The average molecular weight is 259 g/mol. The lowest BCUT2D eigenvalue weighted by Crippen LogP contribution is -2.01. The van der Waals surface area contributed by atoms with Gasteiger partial charge in [0.2, 0.25) is 0 Å². The Balaban J connectivity index is 2.25. The number of rotatable bonds is 3. The van der Waals surface area contributed by atoms with Crippen LogP contribution in [-0.4, -0.2) is 16.1 Å². The molecule has 92 valence electrons. The summed E-state index contributed by atoms with van der Waals surface area (Å²) in [4.78, 5) is 16.3. The maximum atomic E-state index is 10.9. The first kappa shape index (κ1) is 12.6. The molecule has 2 aromatic rings. The van der Waals surface area contributed by atoms with E-state index in [1.165, 1.54) is 17.3 Å². The molecule has 0 saturated carbocycles. The summed E-state index contributed by atoms with van der Waals surface area (Å²) in [6.45, 7) is 3.75. The molecule has 0 aliphatic carbocycles. The van der Waals surface area contributed by atoms with E-state index in [1.807, 2.05) is 25.1 Å². The highest BCUT2D eigenvalue weighted by molar-refractivity contribution is 7.99. The molecule has 0 spiro atoms. The fourth-order valence-corrected chi connectivity index (χ4v) is 2.57. The van der Waals surface area contributed by atoms with Crippen molar-refractivity contribution in [3.05, 3.63) is 53.2 Å². The van der Waals surface area contributed by atoms with Gasteiger partial charge >= 0.3 is 5.97 Å². The Morgan fingerprint density at radius 2 is 2.00 bits per heavy atom. The maximum Gasteiger partial charge on any atom is 0.337 e. The van der Waals surface area contributed by atoms with Gasteiger partial charge in [0.15, 0.2) is 0 Å². The highest BCUT2D eigenvalue weighted by atomic mass is 32.2. The summed E-state index contributed by atoms with van der Waals surface area (Å²) in [5.41, 5.74) is 1.99. The number of aryl methyl sites for hydroxylation is 2. The van der Waals surface area contributed by atoms with Gasteiger partial charge in [-0.3, -0.25) is 0 Å². The van der Waals surface area contributed by atoms with E-state index >= 15 is 0 Å². The number of carbonyl (C=O) groups is 1. The second-order valence-electron chi connectivity index (χ2n) is 4.01. The monoisotopic (exact) mass is 259 g/mol. The van der Waals surface area contributed by atoms with Crippen LogP contribution in [0.15, 0.2) is 46.3 Å². The third-order valence-electron chi connectivity index (χ3n) is 2.50. The molecule has 0 aliphatic rings. The molecule has 0 saturated heterocycles. The molecule has 0 amide bonds. The van der Waals surface area contributed by atoms with Gasteiger partial charge in [-0.05, 0) is 38.1 Å². The number of benzene rings is 1. The molecular weight excluding hydrogens is 246 g/mol. The molecular formula is C14H13NO2S. The van der Waals surface area contributed by atoms with Crippen LogP contribution in [0.4, 0.5) is 0 Å². The number of hydrogen-bond donors (Lipinski definition) is 1. The standard InChI is InChI=1S/C14H13NO2S/c1-9-4-3-5-11(8-9)18-13-7-6-12(14(16)17)10(2)15-13/h3-8H,1-2H3,(H,16,17). The van der Waals surface area contributed by atoms with Crippen LogP contribution in [0.1, 0.15) is 21.6 Å². The van der Waals surface area contributed by atoms with Crippen molar-refractivity contribution in [2.75, 3.05) is 0 Å². The molecule has 0 radical (unpaired) electrons. The van der Waals surface area contributed by atoms with Gasteiger partial charge in [0.25, 0.3) is 0 Å². The molecule has 4 heteroatoms. The molecule has 1 aromatic heterocycles. The van der Waals surface area contributed by atoms with Crippen molar-refractivity contribution < 1.29 is 9.90 Å². The van der Waals surface area contributed by atoms with Crippen molar-refractivity contribution in [3.63, 3.8) is 0 Å². The second kappa shape index (κ2) is 5.23. The normalized spacial score (nSPS) is 10.3. The van der Waals surface area contributed by atoms with Crippen LogP contribution in [0.25, 0.3) is 0 Å². The van der Waals surface area contributed by atoms with Crippen LogP contribution in [0.5, 0.6) is 0 Å². The predicted octanol–water partition coefficient (Wildman–Crippen LogP) is 3.55. The van der Waals surface area contributed by atoms with Crippen LogP contribution in [-0.2, 0) is 0 Å². The lowest BCUT2D eigenvalue weighted by Gasteiger charge is -2.05. The van der Waals surface area contributed by atoms with Gasteiger partial charge in [0.05, 0.1) is 11.3 Å². The zero-order valence-electron chi connectivity index (χ0n) is 10.2. The number of hydrogen-bond acceptors (Lipinski definition) is 3. The van der Waals surface area contributed by atoms with Crippen molar-refractivity contribution in [3.8, 4) is 0 Å². The zero-order valence-corrected chi connectivity index (χ0v) is 11.0. The van der Waals surface area contributed by atoms with Crippen LogP contribution in [0.2, 0.25) is 0 Å². The average Bonchev–Trinajstić information content (AvgIpc) is 2.28. The zero-order chi connectivity index (χ0) is 13.1. The maximum absolute atomic E-state index is 10.9. The Morgan fingerprint density at radius 1 is 1.22 bits per heavy atom. The molecule has 1 N–H and O–H groups in total. The fraction of sp³-hybridized carbons (Fsp3) is 0.143. The van der Waals surface area contributed by atoms with E-state index in [0.29, 0.717) is 5.69 Å². The molecule has 0 atom stereocenters. The van der Waals surface area contributed by atoms with Gasteiger partial charge in [0, 0.05) is 4.90 Å². The fourth-order valence-electron chi connectivity index (χ4n) is 1.62. The summed E-state index contributed by atoms with van der Waals surface area (Å²) in [5, 5.41) is 9.74. The first-order chi connectivity index (χ1) is 8.56. The molecule has 0 aliphatic heterocycles. The summed E-state index contributed by atoms with van der Waals surface area (Å²) in [6.07, 6.45) is 0. The largest absolute Gasteiger partial charge is 0.478 e. The number of nitrogens with zero attached hydrogens (tertiary/aromatic N) is 1. The molecule has 18 heavy (non-hydrogen) atoms. The van der Waals surface area contributed by atoms with E-state index in [0.717, 1.165) is 9.92 Å². The number of carboxylic acids is 1. The molecule has 0 bridgehead atoms. The van der Waals surface area contributed by atoms with Crippen LogP contribution >= 0.6 is 11.8 Å². The lowest BCUT2D eigenvalue weighted by molar-refractivity contribution is 0.0695. The smallest absolute Gasteiger partial charge is 0.337 e. The van der Waals surface area contributed by atoms with Crippen molar-refractivity contribution in [1.82, 2.24) is 4.98 Å². The van der Waals surface area contributed by atoms with E-state index in [2.05, 4.69) is 11.1 Å². The van der Waals surface area contributed by atoms with Gasteiger partial charge in [-0.15, -0.1) is 0 Å². The summed E-state index contributed by atoms with van der Waals surface area (Å²) < 4.78 is 0. The highest BCUT2D eigenvalue weighted by Crippen LogP contribution is 2.27. The third-order valence-corrected chi connectivity index (χ3v) is 3.43. The second-order valence-corrected chi connectivity index (χ2v) is 5.10. The van der Waals surface area contributed by atoms with E-state index in [1.54, 1.807) is 19.1 Å². The molecule has 3 nitrogen and oxygen atoms in total. The third kappa shape index (κ3) is 2.90. The van der Waals surface area contributed by atoms with Crippen molar-refractivity contribution in [2.24, 2.45) is 0 Å². The number of aromatic carboxylic acids is 1. The van der Waals surface area contributed by atoms with Crippen molar-refractivity contribution >= 4 is 17.7 Å². The number of aromatic nitrogens is 1. The highest BCUT2D eigenvalue weighted by Gasteiger charge is 2.09. The van der Waals surface area contributed by atoms with E-state index < -0.39 is 5.97 Å². The first-order valence-corrected chi connectivity index (χ1v) is 6.33. The van der Waals surface area contributed by atoms with E-state index in [4.69, 9.17) is 5.11 Å². The number of pyridine rings is 1. The lowest BCUT2D eigenvalue weighted by atomic mass is 10.2. The molecule has 1 heterocycles. The molecule has 2 rings (SSSR count). The van der Waals surface area contributed by atoms with Gasteiger partial charge < -0.3 is 5.11 Å². The minimum Gasteiger partial charge on any atom is -0.478 e. The molecule has 0 unspecified atom stereocenters. The Hall–Kier alpha value is -1.81. The van der Waals surface area contributed by atoms with Crippen LogP contribution in [0, 0.1) is 13.8 Å². The quantitative estimate of drug-likeness (QED) is 0.915. The van der Waals surface area contributed by atoms with Crippen LogP contribution < -0.4 is 0 Å². The Labute approximate surface area is 110 Å². The van der Waals surface area contributed by atoms with Gasteiger partial charge in [-0.25, -0.2) is 9.78 Å². The summed E-state index contributed by atoms with van der Waals surface area (Å²) in [7, 11) is 0. The summed E-state index contributed by atoms with van der Waals surface area (Å²) in [5.74, 6) is -0.938. The van der Waals surface area contributed by atoms with Gasteiger partial charge in [-0.2, -0.15) is 0 Å². The van der Waals surface area contributed by atoms with Gasteiger partial charge in [0.1, 0.15) is 5.03 Å². The molecule has 0 fully saturated rings. The molecule has 1 aromatic carbocycles. The van der Waals surface area contributed by atoms with Crippen molar-refractivity contribution in [2.45, 2.75) is 23.8 Å². The minimum atomic E-state index is -0.938. The Bertz CT molecular complexity index is 596. The van der Waals surface area contributed by atoms with E-state index in [-0.39, 0.29) is 5.56 Å². The van der Waals surface area contributed by atoms with Crippen LogP contribution in [0.3, 0.4) is 0 Å². The minimum absolute atomic E-state index is 0.253. The predicted molar refractivity (Wildman–Crippen MR) is 71.2 cm³/mol. The van der Waals surface area contributed by atoms with Crippen molar-refractivity contribution in [1.29, 1.82) is 0 Å². The van der Waals surface area contributed by atoms with Gasteiger partial charge in [-0.1, -0.05) is 29.5 Å². The first-order valence-electron chi connectivity index (χ1n) is 5.52. The Kier molecular flexibility index (Phi) is 3.67. The van der Waals surface area contributed by atoms with E-state index in [9.17, 15) is 4.79 Å². The SMILES string of the molecule is Cc1cccc(Sc2ccc(C(=O)O)c(C)n2)c1. The summed E-state index contributed by atoms with van der Waals surface area (Å²) in [6, 6.07) is 11.5. The topological polar surface area (TPSA) is 50.2 Å². The number of carboxylic acid groups (broad SMARTS) is 1. The Morgan fingerprint density at radius 3 is 2.61 bits per heavy atom.